The first-order valence-corrected chi connectivity index (χ1v) is 7.42. The summed E-state index contributed by atoms with van der Waals surface area (Å²) >= 11 is 0. The van der Waals surface area contributed by atoms with Crippen molar-refractivity contribution in [2.75, 3.05) is 18.4 Å². The normalized spacial score (nSPS) is 28.8. The molecule has 1 saturated heterocycles. The number of carbonyl (C=O) groups excluding carboxylic acids is 2. The molecule has 0 bridgehead atoms. The molecule has 3 unspecified atom stereocenters. The second-order valence-corrected chi connectivity index (χ2v) is 6.01. The average molecular weight is 288 g/mol. The summed E-state index contributed by atoms with van der Waals surface area (Å²) < 4.78 is 0. The molecule has 0 aliphatic carbocycles. The monoisotopic (exact) mass is 288 g/mol. The van der Waals surface area contributed by atoms with Crippen molar-refractivity contribution in [3.63, 3.8) is 0 Å². The number of piperidine rings is 1. The van der Waals surface area contributed by atoms with Crippen molar-refractivity contribution in [2.45, 2.75) is 31.8 Å². The fourth-order valence-electron chi connectivity index (χ4n) is 3.10. The highest BCUT2D eigenvalue weighted by Gasteiger charge is 2.36. The number of benzene rings is 1. The SMILES string of the molecule is CC1CCN(C(=O)C2CC(=O)Nc3ccccc32)CC1O. The Bertz CT molecular complexity index is 572. The number of nitrogens with zero attached hydrogens (tertiary/aromatic N) is 1. The van der Waals surface area contributed by atoms with E-state index in [9.17, 15) is 14.7 Å². The van der Waals surface area contributed by atoms with E-state index in [0.717, 1.165) is 17.7 Å². The number of anilines is 1. The Balaban J connectivity index is 1.83. The van der Waals surface area contributed by atoms with Crippen molar-refractivity contribution < 1.29 is 14.7 Å². The molecule has 2 aliphatic heterocycles. The smallest absolute Gasteiger partial charge is 0.230 e. The fraction of sp³-hybridized carbons (Fsp3) is 0.500. The Morgan fingerprint density at radius 1 is 1.38 bits per heavy atom. The highest BCUT2D eigenvalue weighted by molar-refractivity contribution is 6.01. The molecule has 0 radical (unpaired) electrons. The van der Waals surface area contributed by atoms with Gasteiger partial charge < -0.3 is 15.3 Å². The molecule has 21 heavy (non-hydrogen) atoms. The van der Waals surface area contributed by atoms with Crippen LogP contribution in [0.1, 0.15) is 31.2 Å². The van der Waals surface area contributed by atoms with Gasteiger partial charge in [0.2, 0.25) is 11.8 Å². The van der Waals surface area contributed by atoms with Gasteiger partial charge >= 0.3 is 0 Å². The van der Waals surface area contributed by atoms with Crippen molar-refractivity contribution in [3.05, 3.63) is 29.8 Å². The first-order valence-electron chi connectivity index (χ1n) is 7.42. The van der Waals surface area contributed by atoms with Gasteiger partial charge in [-0.1, -0.05) is 25.1 Å². The van der Waals surface area contributed by atoms with E-state index in [0.29, 0.717) is 13.1 Å². The second kappa shape index (κ2) is 5.48. The van der Waals surface area contributed by atoms with E-state index in [1.54, 1.807) is 4.90 Å². The van der Waals surface area contributed by atoms with Crippen molar-refractivity contribution in [3.8, 4) is 0 Å². The molecule has 5 heteroatoms. The maximum absolute atomic E-state index is 12.7. The Labute approximate surface area is 123 Å². The first kappa shape index (κ1) is 14.1. The molecule has 1 fully saturated rings. The maximum atomic E-state index is 12.7. The van der Waals surface area contributed by atoms with Crippen LogP contribution in [0.25, 0.3) is 0 Å². The van der Waals surface area contributed by atoms with Crippen LogP contribution in [0.5, 0.6) is 0 Å². The molecular weight excluding hydrogens is 268 g/mol. The molecule has 5 nitrogen and oxygen atoms in total. The zero-order chi connectivity index (χ0) is 15.0. The van der Waals surface area contributed by atoms with Gasteiger partial charge in [-0.2, -0.15) is 0 Å². The summed E-state index contributed by atoms with van der Waals surface area (Å²) in [7, 11) is 0. The molecule has 1 aromatic rings. The minimum Gasteiger partial charge on any atom is -0.391 e. The Kier molecular flexibility index (Phi) is 3.68. The highest BCUT2D eigenvalue weighted by Crippen LogP contribution is 2.34. The van der Waals surface area contributed by atoms with E-state index >= 15 is 0 Å². The lowest BCUT2D eigenvalue weighted by Gasteiger charge is -2.37. The number of para-hydroxylation sites is 1. The number of nitrogens with one attached hydrogen (secondary N) is 1. The Hall–Kier alpha value is -1.88. The lowest BCUT2D eigenvalue weighted by Crippen LogP contribution is -2.48. The van der Waals surface area contributed by atoms with Crippen molar-refractivity contribution in [2.24, 2.45) is 5.92 Å². The van der Waals surface area contributed by atoms with Crippen LogP contribution in [-0.2, 0) is 9.59 Å². The number of carbonyl (C=O) groups is 2. The molecule has 2 amide bonds. The van der Waals surface area contributed by atoms with Crippen LogP contribution in [-0.4, -0.2) is 41.0 Å². The van der Waals surface area contributed by atoms with E-state index in [-0.39, 0.29) is 24.2 Å². The molecule has 2 heterocycles. The van der Waals surface area contributed by atoms with E-state index in [1.807, 2.05) is 31.2 Å². The van der Waals surface area contributed by atoms with Crippen LogP contribution in [0.15, 0.2) is 24.3 Å². The number of amides is 2. The summed E-state index contributed by atoms with van der Waals surface area (Å²) in [5, 5.41) is 12.8. The van der Waals surface area contributed by atoms with Crippen molar-refractivity contribution >= 4 is 17.5 Å². The third-order valence-corrected chi connectivity index (χ3v) is 4.53. The van der Waals surface area contributed by atoms with E-state index < -0.39 is 12.0 Å². The predicted octanol–water partition coefficient (Wildman–Crippen LogP) is 1.34. The van der Waals surface area contributed by atoms with Gasteiger partial charge in [0.25, 0.3) is 0 Å². The summed E-state index contributed by atoms with van der Waals surface area (Å²) in [5.74, 6) is -0.396. The van der Waals surface area contributed by atoms with Crippen LogP contribution >= 0.6 is 0 Å². The van der Waals surface area contributed by atoms with Crippen molar-refractivity contribution in [1.82, 2.24) is 4.90 Å². The summed E-state index contributed by atoms with van der Waals surface area (Å²) in [6.07, 6.45) is 0.501. The van der Waals surface area contributed by atoms with Crippen LogP contribution in [0.3, 0.4) is 0 Å². The van der Waals surface area contributed by atoms with Crippen molar-refractivity contribution in [1.29, 1.82) is 0 Å². The number of rotatable bonds is 1. The number of aliphatic hydroxyl groups is 1. The van der Waals surface area contributed by atoms with E-state index in [1.165, 1.54) is 0 Å². The molecular formula is C16H20N2O3. The molecule has 0 spiro atoms. The summed E-state index contributed by atoms with van der Waals surface area (Å²) in [5.41, 5.74) is 1.59. The van der Waals surface area contributed by atoms with Gasteiger partial charge in [0.1, 0.15) is 0 Å². The molecule has 112 valence electrons. The molecule has 0 aromatic heterocycles. The lowest BCUT2D eigenvalue weighted by atomic mass is 9.88. The van der Waals surface area contributed by atoms with Crippen LogP contribution < -0.4 is 5.32 Å². The molecule has 0 saturated carbocycles. The zero-order valence-electron chi connectivity index (χ0n) is 12.1. The van der Waals surface area contributed by atoms with E-state index in [4.69, 9.17) is 0 Å². The Morgan fingerprint density at radius 2 is 2.14 bits per heavy atom. The maximum Gasteiger partial charge on any atom is 0.230 e. The molecule has 3 rings (SSSR count). The summed E-state index contributed by atoms with van der Waals surface area (Å²) in [6.45, 7) is 3.01. The number of fused-ring (bicyclic) bond motifs is 1. The number of aliphatic hydroxyl groups excluding tert-OH is 1. The van der Waals surface area contributed by atoms with Crippen LogP contribution in [0, 0.1) is 5.92 Å². The van der Waals surface area contributed by atoms with Crippen LogP contribution in [0.2, 0.25) is 0 Å². The fourth-order valence-corrected chi connectivity index (χ4v) is 3.10. The number of hydrogen-bond donors (Lipinski definition) is 2. The van der Waals surface area contributed by atoms with E-state index in [2.05, 4.69) is 5.32 Å². The predicted molar refractivity (Wildman–Crippen MR) is 78.8 cm³/mol. The molecule has 2 aliphatic rings. The minimum atomic E-state index is -0.477. The number of β-amino-alcohol motifs (C(OH)–C–C–N with tert-alkyl or cyclic N) is 1. The van der Waals surface area contributed by atoms with Gasteiger partial charge in [-0.05, 0) is 24.0 Å². The second-order valence-electron chi connectivity index (χ2n) is 6.01. The molecule has 3 atom stereocenters. The quantitative estimate of drug-likeness (QED) is 0.819. The van der Waals surface area contributed by atoms with Gasteiger partial charge in [-0.15, -0.1) is 0 Å². The molecule has 1 aromatic carbocycles. The van der Waals surface area contributed by atoms with Gasteiger partial charge in [-0.3, -0.25) is 9.59 Å². The van der Waals surface area contributed by atoms with Gasteiger partial charge in [-0.25, -0.2) is 0 Å². The third-order valence-electron chi connectivity index (χ3n) is 4.53. The number of hydrogen-bond acceptors (Lipinski definition) is 3. The topological polar surface area (TPSA) is 69.6 Å². The highest BCUT2D eigenvalue weighted by atomic mass is 16.3. The van der Waals surface area contributed by atoms with Gasteiger partial charge in [0, 0.05) is 25.2 Å². The minimum absolute atomic E-state index is 0.0525. The standard InChI is InChI=1S/C16H20N2O3/c1-10-6-7-18(9-14(10)19)16(21)12-8-15(20)17-13-5-3-2-4-11(12)13/h2-5,10,12,14,19H,6-9H2,1H3,(H,17,20). The lowest BCUT2D eigenvalue weighted by molar-refractivity contribution is -0.138. The Morgan fingerprint density at radius 3 is 2.90 bits per heavy atom. The summed E-state index contributed by atoms with van der Waals surface area (Å²) in [4.78, 5) is 26.3. The summed E-state index contributed by atoms with van der Waals surface area (Å²) in [6, 6.07) is 7.43. The zero-order valence-corrected chi connectivity index (χ0v) is 12.1. The third kappa shape index (κ3) is 2.65. The first-order chi connectivity index (χ1) is 10.1. The largest absolute Gasteiger partial charge is 0.391 e. The van der Waals surface area contributed by atoms with Crippen LogP contribution in [0.4, 0.5) is 5.69 Å². The molecule has 2 N–H and O–H groups in total. The average Bonchev–Trinajstić information content (AvgIpc) is 2.48. The number of likely N-dealkylation sites (tertiary alicyclic amines) is 1. The van der Waals surface area contributed by atoms with Gasteiger partial charge in [0.05, 0.1) is 12.0 Å². The van der Waals surface area contributed by atoms with Gasteiger partial charge in [0.15, 0.2) is 0 Å².